The number of fused-ring (bicyclic) bond motifs is 2. The molecule has 1 N–H and O–H groups in total. The Bertz CT molecular complexity index is 1350. The standard InChI is InChI=1S/C28H28O10/c1-5-38-28-19(7-6-16(30)8-14(2)29)15(9-17(31)11-23(33)37-4)10-20-25(28)27(35)24-21(26(20)34)12-18(36-3)13-22(24)32/h10,12-13,32H,5-9,11H2,1-4H3. The van der Waals surface area contributed by atoms with Crippen molar-refractivity contribution < 1.29 is 48.1 Å². The number of ketones is 5. The number of aromatic hydroxyl groups is 1. The van der Waals surface area contributed by atoms with Crippen LogP contribution >= 0.6 is 0 Å². The van der Waals surface area contributed by atoms with Gasteiger partial charge in [-0.25, -0.2) is 0 Å². The van der Waals surface area contributed by atoms with Gasteiger partial charge in [-0.05, 0) is 43.5 Å². The van der Waals surface area contributed by atoms with Gasteiger partial charge in [0.2, 0.25) is 5.78 Å². The summed E-state index contributed by atoms with van der Waals surface area (Å²) in [6, 6.07) is 3.95. The minimum absolute atomic E-state index is 0.0124. The molecule has 3 rings (SSSR count). The summed E-state index contributed by atoms with van der Waals surface area (Å²) in [4.78, 5) is 75.3. The lowest BCUT2D eigenvalue weighted by molar-refractivity contribution is -0.143. The molecule has 0 unspecified atom stereocenters. The molecule has 0 aliphatic heterocycles. The van der Waals surface area contributed by atoms with Gasteiger partial charge in [-0.3, -0.25) is 28.8 Å². The molecule has 0 saturated carbocycles. The number of benzene rings is 2. The Morgan fingerprint density at radius 2 is 1.58 bits per heavy atom. The number of rotatable bonds is 12. The van der Waals surface area contributed by atoms with E-state index < -0.39 is 35.5 Å². The lowest BCUT2D eigenvalue weighted by Gasteiger charge is -2.25. The molecule has 2 aromatic carbocycles. The van der Waals surface area contributed by atoms with Crippen molar-refractivity contribution in [3.8, 4) is 17.2 Å². The van der Waals surface area contributed by atoms with E-state index in [1.165, 1.54) is 32.2 Å². The van der Waals surface area contributed by atoms with Crippen LogP contribution in [0.3, 0.4) is 0 Å². The van der Waals surface area contributed by atoms with E-state index in [1.54, 1.807) is 6.92 Å². The summed E-state index contributed by atoms with van der Waals surface area (Å²) in [6.07, 6.45) is -1.15. The molecule has 10 heteroatoms. The number of methoxy groups -OCH3 is 2. The van der Waals surface area contributed by atoms with Crippen LogP contribution in [-0.4, -0.2) is 60.8 Å². The molecule has 1 aliphatic rings. The van der Waals surface area contributed by atoms with Crippen molar-refractivity contribution in [1.29, 1.82) is 0 Å². The fourth-order valence-electron chi connectivity index (χ4n) is 4.44. The van der Waals surface area contributed by atoms with E-state index in [1.807, 2.05) is 0 Å². The quantitative estimate of drug-likeness (QED) is 0.277. The average Bonchev–Trinajstić information content (AvgIpc) is 2.85. The second-order valence-corrected chi connectivity index (χ2v) is 8.81. The Hall–Kier alpha value is -4.34. The lowest BCUT2D eigenvalue weighted by atomic mass is 9.79. The molecule has 0 heterocycles. The lowest BCUT2D eigenvalue weighted by Crippen LogP contribution is -2.24. The van der Waals surface area contributed by atoms with Crippen molar-refractivity contribution >= 4 is 34.9 Å². The average molecular weight is 525 g/mol. The van der Waals surface area contributed by atoms with Gasteiger partial charge in [-0.1, -0.05) is 0 Å². The minimum atomic E-state index is -0.737. The van der Waals surface area contributed by atoms with Crippen LogP contribution in [-0.2, 0) is 36.8 Å². The molecule has 38 heavy (non-hydrogen) atoms. The van der Waals surface area contributed by atoms with Crippen LogP contribution in [0.1, 0.15) is 76.1 Å². The zero-order valence-corrected chi connectivity index (χ0v) is 21.6. The van der Waals surface area contributed by atoms with Crippen LogP contribution in [0, 0.1) is 0 Å². The fraction of sp³-hybridized carbons (Fsp3) is 0.357. The maximum atomic E-state index is 13.7. The van der Waals surface area contributed by atoms with Crippen molar-refractivity contribution in [3.63, 3.8) is 0 Å². The van der Waals surface area contributed by atoms with E-state index in [2.05, 4.69) is 4.74 Å². The van der Waals surface area contributed by atoms with Crippen LogP contribution in [0.4, 0.5) is 0 Å². The maximum Gasteiger partial charge on any atom is 0.313 e. The monoisotopic (exact) mass is 524 g/mol. The first-order valence-corrected chi connectivity index (χ1v) is 11.9. The Morgan fingerprint density at radius 1 is 0.895 bits per heavy atom. The van der Waals surface area contributed by atoms with Gasteiger partial charge >= 0.3 is 5.97 Å². The van der Waals surface area contributed by atoms with Crippen LogP contribution in [0.25, 0.3) is 0 Å². The highest BCUT2D eigenvalue weighted by atomic mass is 16.5. The van der Waals surface area contributed by atoms with Crippen molar-refractivity contribution in [2.45, 2.75) is 46.0 Å². The fourth-order valence-corrected chi connectivity index (χ4v) is 4.44. The second kappa shape index (κ2) is 11.8. The number of hydrogen-bond donors (Lipinski definition) is 1. The molecule has 0 spiro atoms. The predicted molar refractivity (Wildman–Crippen MR) is 133 cm³/mol. The van der Waals surface area contributed by atoms with Gasteiger partial charge in [0.05, 0.1) is 38.4 Å². The Morgan fingerprint density at radius 3 is 2.18 bits per heavy atom. The van der Waals surface area contributed by atoms with Gasteiger partial charge in [0.15, 0.2) is 5.78 Å². The molecule has 10 nitrogen and oxygen atoms in total. The van der Waals surface area contributed by atoms with Gasteiger partial charge in [0, 0.05) is 30.0 Å². The summed E-state index contributed by atoms with van der Waals surface area (Å²) in [5.74, 6) is -3.41. The first-order valence-electron chi connectivity index (χ1n) is 11.9. The third kappa shape index (κ3) is 5.80. The number of hydrogen-bond acceptors (Lipinski definition) is 10. The summed E-state index contributed by atoms with van der Waals surface area (Å²) >= 11 is 0. The first kappa shape index (κ1) is 28.2. The predicted octanol–water partition coefficient (Wildman–Crippen LogP) is 2.73. The van der Waals surface area contributed by atoms with Crippen LogP contribution in [0.2, 0.25) is 0 Å². The van der Waals surface area contributed by atoms with E-state index >= 15 is 0 Å². The third-order valence-electron chi connectivity index (χ3n) is 6.09. The van der Waals surface area contributed by atoms with Crippen LogP contribution in [0.5, 0.6) is 17.2 Å². The van der Waals surface area contributed by atoms with E-state index in [0.29, 0.717) is 11.1 Å². The zero-order chi connectivity index (χ0) is 28.1. The number of phenols is 1. The van der Waals surface area contributed by atoms with Gasteiger partial charge in [-0.15, -0.1) is 0 Å². The van der Waals surface area contributed by atoms with Crippen LogP contribution < -0.4 is 9.47 Å². The Kier molecular flexibility index (Phi) is 8.77. The number of carbonyl (C=O) groups is 6. The Labute approximate surface area is 218 Å². The van der Waals surface area contributed by atoms with E-state index in [9.17, 15) is 33.9 Å². The largest absolute Gasteiger partial charge is 0.507 e. The molecule has 0 radical (unpaired) electrons. The zero-order valence-electron chi connectivity index (χ0n) is 21.6. The molecular weight excluding hydrogens is 496 g/mol. The number of phenolic OH excluding ortho intramolecular Hbond substituents is 1. The van der Waals surface area contributed by atoms with E-state index in [-0.39, 0.29) is 77.6 Å². The Balaban J connectivity index is 2.22. The molecule has 0 saturated heterocycles. The summed E-state index contributed by atoms with van der Waals surface area (Å²) in [5, 5.41) is 10.6. The molecule has 0 amide bonds. The van der Waals surface area contributed by atoms with E-state index in [4.69, 9.17) is 9.47 Å². The highest BCUT2D eigenvalue weighted by Gasteiger charge is 2.37. The normalized spacial score (nSPS) is 11.9. The molecule has 0 aromatic heterocycles. The number of esters is 1. The summed E-state index contributed by atoms with van der Waals surface area (Å²) < 4.78 is 15.5. The van der Waals surface area contributed by atoms with Crippen molar-refractivity contribution in [1.82, 2.24) is 0 Å². The number of Topliss-reactive ketones (excluding diaryl/α,β-unsaturated/α-hetero) is 3. The molecule has 0 fully saturated rings. The smallest absolute Gasteiger partial charge is 0.313 e. The first-order chi connectivity index (χ1) is 18.0. The molecular formula is C28H28O10. The van der Waals surface area contributed by atoms with Crippen molar-refractivity contribution in [2.75, 3.05) is 20.8 Å². The summed E-state index contributed by atoms with van der Waals surface area (Å²) in [5.41, 5.74) is 0.212. The topological polar surface area (TPSA) is 150 Å². The molecule has 2 aromatic rings. The highest BCUT2D eigenvalue weighted by Crippen LogP contribution is 2.42. The van der Waals surface area contributed by atoms with Crippen molar-refractivity contribution in [2.24, 2.45) is 0 Å². The molecule has 0 bridgehead atoms. The van der Waals surface area contributed by atoms with Crippen LogP contribution in [0.15, 0.2) is 18.2 Å². The number of ether oxygens (including phenoxy) is 3. The summed E-state index contributed by atoms with van der Waals surface area (Å²) in [6.45, 7) is 3.05. The molecule has 0 atom stereocenters. The van der Waals surface area contributed by atoms with Crippen molar-refractivity contribution in [3.05, 3.63) is 51.6 Å². The summed E-state index contributed by atoms with van der Waals surface area (Å²) in [7, 11) is 2.50. The maximum absolute atomic E-state index is 13.7. The van der Waals surface area contributed by atoms with E-state index in [0.717, 1.165) is 7.11 Å². The number of carbonyl (C=O) groups excluding carboxylic acids is 6. The van der Waals surface area contributed by atoms with Gasteiger partial charge in [0.1, 0.15) is 41.0 Å². The molecule has 200 valence electrons. The SMILES string of the molecule is CCOc1c(CCC(=O)CC(C)=O)c(CC(=O)CC(=O)OC)cc2c1C(=O)c1c(O)cc(OC)cc1C2=O. The van der Waals surface area contributed by atoms with Gasteiger partial charge in [0.25, 0.3) is 0 Å². The van der Waals surface area contributed by atoms with Gasteiger partial charge < -0.3 is 19.3 Å². The molecule has 1 aliphatic carbocycles. The second-order valence-electron chi connectivity index (χ2n) is 8.81. The minimum Gasteiger partial charge on any atom is -0.507 e. The highest BCUT2D eigenvalue weighted by molar-refractivity contribution is 6.30. The van der Waals surface area contributed by atoms with Gasteiger partial charge in [-0.2, -0.15) is 0 Å². The third-order valence-corrected chi connectivity index (χ3v) is 6.09.